The van der Waals surface area contributed by atoms with Gasteiger partial charge in [0.05, 0.1) is 16.8 Å². The Morgan fingerprint density at radius 1 is 1.57 bits per heavy atom. The number of halogens is 1. The molecule has 0 aromatic heterocycles. The summed E-state index contributed by atoms with van der Waals surface area (Å²) < 4.78 is 6.32. The molecule has 1 unspecified atom stereocenters. The number of rotatable bonds is 4. The molecule has 1 aromatic carbocycles. The average molecular weight is 260 g/mol. The van der Waals surface area contributed by atoms with Crippen molar-refractivity contribution in [2.75, 3.05) is 18.9 Å². The van der Waals surface area contributed by atoms with Crippen LogP contribution >= 0.6 is 15.9 Å². The van der Waals surface area contributed by atoms with Crippen molar-refractivity contribution >= 4 is 21.6 Å². The first-order valence-corrected chi connectivity index (χ1v) is 5.22. The zero-order valence-electron chi connectivity index (χ0n) is 8.03. The Balaban J connectivity index is 2.66. The van der Waals surface area contributed by atoms with Gasteiger partial charge in [0.1, 0.15) is 0 Å². The van der Waals surface area contributed by atoms with Crippen molar-refractivity contribution in [3.05, 3.63) is 22.7 Å². The van der Waals surface area contributed by atoms with E-state index in [9.17, 15) is 0 Å². The van der Waals surface area contributed by atoms with Crippen molar-refractivity contribution in [2.45, 2.75) is 6.92 Å². The SMILES string of the molecule is CC(CO)COc1c(N)cccc1Br. The van der Waals surface area contributed by atoms with Crippen LogP contribution in [0.15, 0.2) is 22.7 Å². The molecule has 0 aliphatic rings. The molecule has 1 rings (SSSR count). The molecule has 0 bridgehead atoms. The van der Waals surface area contributed by atoms with Crippen molar-refractivity contribution in [1.82, 2.24) is 0 Å². The summed E-state index contributed by atoms with van der Waals surface area (Å²) in [6.07, 6.45) is 0. The summed E-state index contributed by atoms with van der Waals surface area (Å²) in [5, 5.41) is 8.83. The maximum Gasteiger partial charge on any atom is 0.156 e. The predicted molar refractivity (Wildman–Crippen MR) is 60.3 cm³/mol. The molecule has 0 saturated carbocycles. The molecule has 4 heteroatoms. The first-order chi connectivity index (χ1) is 6.65. The van der Waals surface area contributed by atoms with E-state index in [2.05, 4.69) is 15.9 Å². The van der Waals surface area contributed by atoms with Gasteiger partial charge in [-0.15, -0.1) is 0 Å². The van der Waals surface area contributed by atoms with Crippen LogP contribution in [0.4, 0.5) is 5.69 Å². The van der Waals surface area contributed by atoms with Crippen LogP contribution in [0.5, 0.6) is 5.75 Å². The van der Waals surface area contributed by atoms with Gasteiger partial charge >= 0.3 is 0 Å². The Morgan fingerprint density at radius 3 is 2.86 bits per heavy atom. The number of nitrogens with two attached hydrogens (primary N) is 1. The van der Waals surface area contributed by atoms with E-state index in [0.29, 0.717) is 18.0 Å². The number of anilines is 1. The van der Waals surface area contributed by atoms with Crippen molar-refractivity contribution in [1.29, 1.82) is 0 Å². The fraction of sp³-hybridized carbons (Fsp3) is 0.400. The molecule has 0 aliphatic carbocycles. The maximum atomic E-state index is 8.83. The molecule has 78 valence electrons. The van der Waals surface area contributed by atoms with Crippen LogP contribution in [-0.2, 0) is 0 Å². The number of hydrogen-bond acceptors (Lipinski definition) is 3. The summed E-state index contributed by atoms with van der Waals surface area (Å²) in [6, 6.07) is 5.50. The van der Waals surface area contributed by atoms with Crippen molar-refractivity contribution < 1.29 is 9.84 Å². The monoisotopic (exact) mass is 259 g/mol. The van der Waals surface area contributed by atoms with E-state index >= 15 is 0 Å². The van der Waals surface area contributed by atoms with Gasteiger partial charge in [0.25, 0.3) is 0 Å². The summed E-state index contributed by atoms with van der Waals surface area (Å²) in [4.78, 5) is 0. The number of nitrogen functional groups attached to an aromatic ring is 1. The van der Waals surface area contributed by atoms with Crippen LogP contribution < -0.4 is 10.5 Å². The first kappa shape index (κ1) is 11.3. The Labute approximate surface area is 92.0 Å². The number of para-hydroxylation sites is 1. The van der Waals surface area contributed by atoms with Gasteiger partial charge in [-0.3, -0.25) is 0 Å². The van der Waals surface area contributed by atoms with Gasteiger partial charge in [-0.05, 0) is 28.1 Å². The summed E-state index contributed by atoms with van der Waals surface area (Å²) in [7, 11) is 0. The minimum Gasteiger partial charge on any atom is -0.490 e. The zero-order valence-corrected chi connectivity index (χ0v) is 9.62. The van der Waals surface area contributed by atoms with Gasteiger partial charge in [0.2, 0.25) is 0 Å². The molecule has 0 radical (unpaired) electrons. The molecular weight excluding hydrogens is 246 g/mol. The first-order valence-electron chi connectivity index (χ1n) is 4.42. The minimum absolute atomic E-state index is 0.113. The lowest BCUT2D eigenvalue weighted by molar-refractivity contribution is 0.174. The molecule has 0 saturated heterocycles. The Bertz CT molecular complexity index is 284. The number of ether oxygens (including phenoxy) is 1. The van der Waals surface area contributed by atoms with Gasteiger partial charge in [-0.25, -0.2) is 0 Å². The largest absolute Gasteiger partial charge is 0.490 e. The smallest absolute Gasteiger partial charge is 0.156 e. The van der Waals surface area contributed by atoms with E-state index < -0.39 is 0 Å². The minimum atomic E-state index is 0.113. The van der Waals surface area contributed by atoms with Crippen molar-refractivity contribution in [3.63, 3.8) is 0 Å². The third-order valence-corrected chi connectivity index (χ3v) is 2.45. The van der Waals surface area contributed by atoms with Crippen LogP contribution in [0.1, 0.15) is 6.92 Å². The zero-order chi connectivity index (χ0) is 10.6. The molecule has 1 aromatic rings. The topological polar surface area (TPSA) is 55.5 Å². The van der Waals surface area contributed by atoms with E-state index in [1.54, 1.807) is 6.07 Å². The standard InChI is InChI=1S/C10H14BrNO2/c1-7(5-13)6-14-10-8(11)3-2-4-9(10)12/h2-4,7,13H,5-6,12H2,1H3. The molecular formula is C10H14BrNO2. The molecule has 3 N–H and O–H groups in total. The summed E-state index contributed by atoms with van der Waals surface area (Å²) >= 11 is 3.35. The highest BCUT2D eigenvalue weighted by molar-refractivity contribution is 9.10. The van der Waals surface area contributed by atoms with E-state index in [0.717, 1.165) is 4.47 Å². The average Bonchev–Trinajstić information content (AvgIpc) is 2.16. The fourth-order valence-electron chi connectivity index (χ4n) is 0.956. The number of benzene rings is 1. The molecule has 0 heterocycles. The van der Waals surface area contributed by atoms with Crippen LogP contribution in [0.25, 0.3) is 0 Å². The van der Waals surface area contributed by atoms with E-state index in [4.69, 9.17) is 15.6 Å². The summed E-state index contributed by atoms with van der Waals surface area (Å²) in [5.74, 6) is 0.759. The van der Waals surface area contributed by atoms with E-state index in [-0.39, 0.29) is 12.5 Å². The summed E-state index contributed by atoms with van der Waals surface area (Å²) in [5.41, 5.74) is 6.33. The third kappa shape index (κ3) is 2.89. The number of aliphatic hydroxyl groups is 1. The molecule has 3 nitrogen and oxygen atoms in total. The Kier molecular flexibility index (Phi) is 4.22. The fourth-order valence-corrected chi connectivity index (χ4v) is 1.45. The van der Waals surface area contributed by atoms with Crippen LogP contribution in [-0.4, -0.2) is 18.3 Å². The van der Waals surface area contributed by atoms with Gasteiger partial charge in [-0.1, -0.05) is 13.0 Å². The quantitative estimate of drug-likeness (QED) is 0.814. The molecule has 0 aliphatic heterocycles. The molecule has 1 atom stereocenters. The molecule has 0 spiro atoms. The molecule has 0 fully saturated rings. The van der Waals surface area contributed by atoms with Crippen LogP contribution in [0, 0.1) is 5.92 Å². The lowest BCUT2D eigenvalue weighted by atomic mass is 10.2. The van der Waals surface area contributed by atoms with E-state index in [1.165, 1.54) is 0 Å². The molecule has 0 amide bonds. The summed E-state index contributed by atoms with van der Waals surface area (Å²) in [6.45, 7) is 2.49. The van der Waals surface area contributed by atoms with Crippen molar-refractivity contribution in [3.8, 4) is 5.75 Å². The second kappa shape index (κ2) is 5.22. The molecule has 14 heavy (non-hydrogen) atoms. The highest BCUT2D eigenvalue weighted by Crippen LogP contribution is 2.31. The maximum absolute atomic E-state index is 8.83. The van der Waals surface area contributed by atoms with Crippen LogP contribution in [0.2, 0.25) is 0 Å². The van der Waals surface area contributed by atoms with Gasteiger partial charge in [0, 0.05) is 12.5 Å². The van der Waals surface area contributed by atoms with Crippen LogP contribution in [0.3, 0.4) is 0 Å². The number of hydrogen-bond donors (Lipinski definition) is 2. The predicted octanol–water partition coefficient (Wildman–Crippen LogP) is 2.04. The van der Waals surface area contributed by atoms with Gasteiger partial charge in [-0.2, -0.15) is 0 Å². The van der Waals surface area contributed by atoms with Crippen molar-refractivity contribution in [2.24, 2.45) is 5.92 Å². The van der Waals surface area contributed by atoms with Gasteiger partial charge in [0.15, 0.2) is 5.75 Å². The van der Waals surface area contributed by atoms with E-state index in [1.807, 2.05) is 19.1 Å². The Hall–Kier alpha value is -0.740. The highest BCUT2D eigenvalue weighted by atomic mass is 79.9. The third-order valence-electron chi connectivity index (χ3n) is 1.82. The second-order valence-corrected chi connectivity index (χ2v) is 4.11. The second-order valence-electron chi connectivity index (χ2n) is 3.26. The van der Waals surface area contributed by atoms with Gasteiger partial charge < -0.3 is 15.6 Å². The highest BCUT2D eigenvalue weighted by Gasteiger charge is 2.07. The number of aliphatic hydroxyl groups excluding tert-OH is 1. The lowest BCUT2D eigenvalue weighted by Gasteiger charge is -2.13. The lowest BCUT2D eigenvalue weighted by Crippen LogP contribution is -2.13. The Morgan fingerprint density at radius 2 is 2.29 bits per heavy atom. The normalized spacial score (nSPS) is 12.5.